The SMILES string of the molecule is NCCCCCCC(O)=C1C(=O)OC2C(=O)c3cnc(/C=C\C(=O)O)cc3C=C12. The van der Waals surface area contributed by atoms with Gasteiger partial charge in [0, 0.05) is 29.8 Å². The van der Waals surface area contributed by atoms with E-state index < -0.39 is 23.8 Å². The number of pyridine rings is 1. The summed E-state index contributed by atoms with van der Waals surface area (Å²) in [6.07, 6.45) is 7.84. The standard InChI is InChI=1S/C21H22N2O6/c22-8-4-2-1-3-5-16(24)18-14-10-12-9-13(6-7-17(25)26)23-11-15(12)19(27)20(14)29-21(18)28/h6-7,9-11,20,24H,1-5,8,22H2,(H,25,26)/b7-6-,18-16?. The molecular formula is C21H22N2O6. The van der Waals surface area contributed by atoms with Crippen LogP contribution in [0.1, 0.15) is 53.7 Å². The number of ether oxygens (including phenoxy) is 1. The van der Waals surface area contributed by atoms with Gasteiger partial charge < -0.3 is 20.7 Å². The number of carbonyl (C=O) groups is 3. The molecule has 0 aromatic carbocycles. The van der Waals surface area contributed by atoms with Crippen LogP contribution in [0, 0.1) is 0 Å². The van der Waals surface area contributed by atoms with E-state index in [-0.39, 0.29) is 16.9 Å². The number of aromatic nitrogens is 1. The molecule has 2 aliphatic rings. The summed E-state index contributed by atoms with van der Waals surface area (Å²) < 4.78 is 5.21. The average Bonchev–Trinajstić information content (AvgIpc) is 3.02. The van der Waals surface area contributed by atoms with Crippen LogP contribution in [-0.2, 0) is 14.3 Å². The topological polar surface area (TPSA) is 140 Å². The van der Waals surface area contributed by atoms with Gasteiger partial charge in [-0.25, -0.2) is 9.59 Å². The number of Topliss-reactive ketones (excluding diaryl/α,β-unsaturated/α-hetero) is 1. The number of aliphatic hydroxyl groups excluding tert-OH is 1. The molecule has 4 N–H and O–H groups in total. The Morgan fingerprint density at radius 1 is 1.21 bits per heavy atom. The van der Waals surface area contributed by atoms with Crippen molar-refractivity contribution in [1.82, 2.24) is 4.98 Å². The van der Waals surface area contributed by atoms with Crippen LogP contribution < -0.4 is 5.73 Å². The maximum atomic E-state index is 12.7. The van der Waals surface area contributed by atoms with E-state index in [9.17, 15) is 19.5 Å². The maximum absolute atomic E-state index is 12.7. The van der Waals surface area contributed by atoms with Gasteiger partial charge in [-0.15, -0.1) is 0 Å². The van der Waals surface area contributed by atoms with Gasteiger partial charge in [-0.05, 0) is 43.2 Å². The fourth-order valence-electron chi connectivity index (χ4n) is 3.39. The minimum Gasteiger partial charge on any atom is -0.511 e. The van der Waals surface area contributed by atoms with Gasteiger partial charge in [0.05, 0.1) is 5.69 Å². The number of aliphatic hydroxyl groups is 1. The van der Waals surface area contributed by atoms with Crippen LogP contribution in [0.3, 0.4) is 0 Å². The Morgan fingerprint density at radius 2 is 1.97 bits per heavy atom. The van der Waals surface area contributed by atoms with E-state index in [0.717, 1.165) is 25.3 Å². The number of rotatable bonds is 8. The molecule has 1 aromatic heterocycles. The molecule has 0 radical (unpaired) electrons. The second kappa shape index (κ2) is 8.83. The van der Waals surface area contributed by atoms with Crippen molar-refractivity contribution in [2.24, 2.45) is 5.73 Å². The van der Waals surface area contributed by atoms with Crippen LogP contribution >= 0.6 is 0 Å². The number of ketones is 1. The van der Waals surface area contributed by atoms with Crippen LogP contribution in [-0.4, -0.2) is 45.6 Å². The number of carbonyl (C=O) groups excluding carboxylic acids is 2. The zero-order valence-corrected chi connectivity index (χ0v) is 15.8. The van der Waals surface area contributed by atoms with E-state index in [0.29, 0.717) is 36.2 Å². The largest absolute Gasteiger partial charge is 0.511 e. The highest BCUT2D eigenvalue weighted by molar-refractivity contribution is 6.15. The van der Waals surface area contributed by atoms with Crippen molar-refractivity contribution in [2.75, 3.05) is 6.54 Å². The molecule has 8 heteroatoms. The molecule has 2 heterocycles. The van der Waals surface area contributed by atoms with Gasteiger partial charge in [0.15, 0.2) is 6.10 Å². The van der Waals surface area contributed by atoms with Gasteiger partial charge >= 0.3 is 11.9 Å². The smallest absolute Gasteiger partial charge is 0.343 e. The lowest BCUT2D eigenvalue weighted by atomic mass is 9.87. The average molecular weight is 398 g/mol. The molecule has 29 heavy (non-hydrogen) atoms. The summed E-state index contributed by atoms with van der Waals surface area (Å²) in [6.45, 7) is 0.619. The molecule has 1 unspecified atom stereocenters. The number of esters is 1. The lowest BCUT2D eigenvalue weighted by molar-refractivity contribution is -0.137. The number of hydrogen-bond acceptors (Lipinski definition) is 7. The summed E-state index contributed by atoms with van der Waals surface area (Å²) >= 11 is 0. The van der Waals surface area contributed by atoms with E-state index in [1.807, 2.05) is 0 Å². The minimum atomic E-state index is -1.12. The molecular weight excluding hydrogens is 376 g/mol. The Morgan fingerprint density at radius 3 is 2.69 bits per heavy atom. The Bertz CT molecular complexity index is 944. The highest BCUT2D eigenvalue weighted by Crippen LogP contribution is 2.38. The normalized spacial score (nSPS) is 19.6. The number of nitrogens with two attached hydrogens (primary N) is 1. The first-order valence-electron chi connectivity index (χ1n) is 9.42. The second-order valence-electron chi connectivity index (χ2n) is 6.89. The second-order valence-corrected chi connectivity index (χ2v) is 6.89. The van der Waals surface area contributed by atoms with Crippen LogP contribution in [0.5, 0.6) is 0 Å². The number of allylic oxidation sites excluding steroid dienone is 1. The molecule has 1 fully saturated rings. The number of unbranched alkanes of at least 4 members (excludes halogenated alkanes) is 3. The van der Waals surface area contributed by atoms with Crippen molar-refractivity contribution in [1.29, 1.82) is 0 Å². The lowest BCUT2D eigenvalue weighted by Gasteiger charge is -2.17. The molecule has 1 saturated heterocycles. The summed E-state index contributed by atoms with van der Waals surface area (Å²) in [5, 5.41) is 19.2. The molecule has 0 saturated carbocycles. The third kappa shape index (κ3) is 4.43. The number of nitrogens with zero attached hydrogens (tertiary/aromatic N) is 1. The van der Waals surface area contributed by atoms with Crippen molar-refractivity contribution in [3.05, 3.63) is 52.1 Å². The first kappa shape index (κ1) is 20.5. The van der Waals surface area contributed by atoms with Crippen molar-refractivity contribution < 1.29 is 29.3 Å². The Labute approximate surface area is 167 Å². The molecule has 1 aromatic rings. The van der Waals surface area contributed by atoms with Gasteiger partial charge in [-0.3, -0.25) is 9.78 Å². The number of carboxylic acids is 1. The first-order chi connectivity index (χ1) is 13.9. The van der Waals surface area contributed by atoms with E-state index >= 15 is 0 Å². The molecule has 1 aliphatic carbocycles. The minimum absolute atomic E-state index is 0.0345. The third-order valence-corrected chi connectivity index (χ3v) is 4.82. The molecule has 8 nitrogen and oxygen atoms in total. The van der Waals surface area contributed by atoms with Gasteiger partial charge in [-0.1, -0.05) is 12.8 Å². The predicted molar refractivity (Wildman–Crippen MR) is 105 cm³/mol. The van der Waals surface area contributed by atoms with E-state index in [4.69, 9.17) is 15.6 Å². The van der Waals surface area contributed by atoms with Crippen LogP contribution in [0.25, 0.3) is 12.2 Å². The molecule has 3 rings (SSSR count). The van der Waals surface area contributed by atoms with Crippen molar-refractivity contribution in [3.8, 4) is 0 Å². The van der Waals surface area contributed by atoms with Gasteiger partial charge in [0.2, 0.25) is 5.78 Å². The highest BCUT2D eigenvalue weighted by Gasteiger charge is 2.44. The Kier molecular flexibility index (Phi) is 6.23. The zero-order chi connectivity index (χ0) is 21.0. The summed E-state index contributed by atoms with van der Waals surface area (Å²) in [5.74, 6) is -2.35. The third-order valence-electron chi connectivity index (χ3n) is 4.82. The summed E-state index contributed by atoms with van der Waals surface area (Å²) in [5.41, 5.74) is 6.95. The highest BCUT2D eigenvalue weighted by atomic mass is 16.6. The number of fused-ring (bicyclic) bond motifs is 2. The number of carboxylic acid groups (broad SMARTS) is 1. The van der Waals surface area contributed by atoms with Crippen LogP contribution in [0.15, 0.2) is 35.2 Å². The molecule has 1 atom stereocenters. The van der Waals surface area contributed by atoms with Crippen LogP contribution in [0.4, 0.5) is 0 Å². The monoisotopic (exact) mass is 398 g/mol. The molecule has 152 valence electrons. The van der Waals surface area contributed by atoms with E-state index in [2.05, 4.69) is 4.98 Å². The predicted octanol–water partition coefficient (Wildman–Crippen LogP) is 2.41. The van der Waals surface area contributed by atoms with Gasteiger partial charge in [0.25, 0.3) is 0 Å². The van der Waals surface area contributed by atoms with Crippen molar-refractivity contribution >= 4 is 29.9 Å². The maximum Gasteiger partial charge on any atom is 0.343 e. The fourth-order valence-corrected chi connectivity index (χ4v) is 3.39. The Balaban J connectivity index is 1.89. The summed E-state index contributed by atoms with van der Waals surface area (Å²) in [7, 11) is 0. The first-order valence-corrected chi connectivity index (χ1v) is 9.42. The van der Waals surface area contributed by atoms with Gasteiger partial charge in [-0.2, -0.15) is 0 Å². The van der Waals surface area contributed by atoms with Crippen molar-refractivity contribution in [3.63, 3.8) is 0 Å². The summed E-state index contributed by atoms with van der Waals surface area (Å²) in [6, 6.07) is 1.56. The van der Waals surface area contributed by atoms with Crippen molar-refractivity contribution in [2.45, 2.75) is 38.2 Å². The quantitative estimate of drug-likeness (QED) is 0.262. The van der Waals surface area contributed by atoms with E-state index in [1.54, 1.807) is 12.1 Å². The number of hydrogen-bond donors (Lipinski definition) is 3. The molecule has 0 spiro atoms. The van der Waals surface area contributed by atoms with E-state index in [1.165, 1.54) is 12.3 Å². The zero-order valence-electron chi connectivity index (χ0n) is 15.8. The number of aliphatic carboxylic acids is 1. The summed E-state index contributed by atoms with van der Waals surface area (Å²) in [4.78, 5) is 39.8. The lowest BCUT2D eigenvalue weighted by Crippen LogP contribution is -2.26. The van der Waals surface area contributed by atoms with Crippen LogP contribution in [0.2, 0.25) is 0 Å². The van der Waals surface area contributed by atoms with Gasteiger partial charge in [0.1, 0.15) is 11.3 Å². The molecule has 1 aliphatic heterocycles. The molecule has 0 bridgehead atoms. The fraction of sp³-hybridized carbons (Fsp3) is 0.333. The Hall–Kier alpha value is -3.26. The molecule has 0 amide bonds.